The third-order valence-electron chi connectivity index (χ3n) is 2.30. The van der Waals surface area contributed by atoms with Crippen LogP contribution < -0.4 is 5.43 Å². The highest BCUT2D eigenvalue weighted by atomic mass is 79.9. The maximum Gasteiger partial charge on any atom is 0.0580 e. The molecule has 2 aromatic rings. The lowest BCUT2D eigenvalue weighted by molar-refractivity contribution is 0.748. The molecule has 18 heavy (non-hydrogen) atoms. The summed E-state index contributed by atoms with van der Waals surface area (Å²) in [5.41, 5.74) is 5.17. The number of halogens is 2. The van der Waals surface area contributed by atoms with E-state index in [4.69, 9.17) is 0 Å². The fourth-order valence-electron chi connectivity index (χ4n) is 1.39. The molecule has 0 radical (unpaired) electrons. The number of nitrogens with one attached hydrogen (secondary N) is 1. The predicted molar refractivity (Wildman–Crippen MR) is 80.5 cm³/mol. The zero-order valence-electron chi connectivity index (χ0n) is 9.48. The molecule has 2 rings (SSSR count). The number of benzene rings is 1. The van der Waals surface area contributed by atoms with Gasteiger partial charge in [-0.15, -0.1) is 0 Å². The van der Waals surface area contributed by atoms with E-state index in [1.165, 1.54) is 5.56 Å². The molecule has 1 heterocycles. The molecule has 0 saturated carbocycles. The van der Waals surface area contributed by atoms with E-state index in [9.17, 15) is 0 Å². The average molecular weight is 369 g/mol. The summed E-state index contributed by atoms with van der Waals surface area (Å²) in [5.74, 6) is 0. The summed E-state index contributed by atoms with van der Waals surface area (Å²) in [4.78, 5) is 4.04. The van der Waals surface area contributed by atoms with Crippen molar-refractivity contribution in [3.8, 4) is 0 Å². The molecule has 3 nitrogen and oxygen atoms in total. The van der Waals surface area contributed by atoms with Crippen LogP contribution in [0.4, 0.5) is 0 Å². The first-order chi connectivity index (χ1) is 8.77. The minimum Gasteiger partial charge on any atom is -0.306 e. The van der Waals surface area contributed by atoms with Crippen LogP contribution in [0.5, 0.6) is 0 Å². The van der Waals surface area contributed by atoms with Gasteiger partial charge in [0, 0.05) is 26.9 Å². The van der Waals surface area contributed by atoms with Crippen molar-refractivity contribution in [2.45, 2.75) is 6.54 Å². The summed E-state index contributed by atoms with van der Waals surface area (Å²) < 4.78 is 1.81. The van der Waals surface area contributed by atoms with Gasteiger partial charge in [-0.05, 0) is 37.4 Å². The molecule has 0 aliphatic heterocycles. The Labute approximate surface area is 123 Å². The van der Waals surface area contributed by atoms with Crippen LogP contribution in [0, 0.1) is 0 Å². The van der Waals surface area contributed by atoms with Crippen LogP contribution in [0.2, 0.25) is 0 Å². The number of hydrazone groups is 1. The van der Waals surface area contributed by atoms with Gasteiger partial charge in [-0.1, -0.05) is 30.3 Å². The monoisotopic (exact) mass is 367 g/mol. The Balaban J connectivity index is 1.96. The molecular weight excluding hydrogens is 358 g/mol. The summed E-state index contributed by atoms with van der Waals surface area (Å²) in [5, 5.41) is 4.20. The van der Waals surface area contributed by atoms with E-state index >= 15 is 0 Å². The lowest BCUT2D eigenvalue weighted by atomic mass is 10.2. The van der Waals surface area contributed by atoms with Crippen LogP contribution in [0.25, 0.3) is 0 Å². The molecule has 0 aliphatic carbocycles. The Morgan fingerprint density at radius 3 is 2.44 bits per heavy atom. The largest absolute Gasteiger partial charge is 0.306 e. The van der Waals surface area contributed by atoms with E-state index in [2.05, 4.69) is 59.5 Å². The van der Waals surface area contributed by atoms with Crippen molar-refractivity contribution in [2.24, 2.45) is 5.10 Å². The van der Waals surface area contributed by atoms with E-state index in [0.29, 0.717) is 6.54 Å². The van der Waals surface area contributed by atoms with E-state index in [1.54, 1.807) is 18.6 Å². The van der Waals surface area contributed by atoms with Crippen molar-refractivity contribution >= 4 is 38.1 Å². The first-order valence-corrected chi connectivity index (χ1v) is 6.95. The van der Waals surface area contributed by atoms with E-state index in [1.807, 2.05) is 18.2 Å². The number of nitrogens with zero attached hydrogens (tertiary/aromatic N) is 2. The fourth-order valence-corrected chi connectivity index (χ4v) is 2.52. The highest BCUT2D eigenvalue weighted by molar-refractivity contribution is 9.11. The molecule has 0 fully saturated rings. The lowest BCUT2D eigenvalue weighted by Gasteiger charge is -2.02. The Bertz CT molecular complexity index is 521. The topological polar surface area (TPSA) is 37.3 Å². The smallest absolute Gasteiger partial charge is 0.0580 e. The molecule has 1 aromatic heterocycles. The van der Waals surface area contributed by atoms with Crippen LogP contribution in [0.1, 0.15) is 11.1 Å². The minimum atomic E-state index is 0.706. The molecule has 0 saturated heterocycles. The molecule has 0 amide bonds. The van der Waals surface area contributed by atoms with E-state index < -0.39 is 0 Å². The Morgan fingerprint density at radius 1 is 1.11 bits per heavy atom. The van der Waals surface area contributed by atoms with E-state index in [-0.39, 0.29) is 0 Å². The maximum atomic E-state index is 4.20. The Hall–Kier alpha value is -1.20. The predicted octanol–water partition coefficient (Wildman–Crippen LogP) is 3.73. The SMILES string of the molecule is Brc1cncc(Br)c1/C=N\NCc1ccccc1. The zero-order chi connectivity index (χ0) is 12.8. The van der Waals surface area contributed by atoms with Gasteiger partial charge >= 0.3 is 0 Å². The third-order valence-corrected chi connectivity index (χ3v) is 3.57. The minimum absolute atomic E-state index is 0.706. The van der Waals surface area contributed by atoms with Crippen molar-refractivity contribution in [2.75, 3.05) is 0 Å². The molecule has 92 valence electrons. The van der Waals surface area contributed by atoms with Crippen molar-refractivity contribution in [1.29, 1.82) is 0 Å². The molecule has 0 unspecified atom stereocenters. The second-order valence-electron chi connectivity index (χ2n) is 3.60. The molecular formula is C13H11Br2N3. The molecule has 0 aliphatic rings. The quantitative estimate of drug-likeness (QED) is 0.659. The Morgan fingerprint density at radius 2 is 1.78 bits per heavy atom. The van der Waals surface area contributed by atoms with Crippen LogP contribution >= 0.6 is 31.9 Å². The van der Waals surface area contributed by atoms with E-state index in [0.717, 1.165) is 14.5 Å². The molecule has 0 bridgehead atoms. The van der Waals surface area contributed by atoms with Gasteiger partial charge in [0.15, 0.2) is 0 Å². The highest BCUT2D eigenvalue weighted by Crippen LogP contribution is 2.21. The number of hydrogen-bond donors (Lipinski definition) is 1. The summed E-state index contributed by atoms with van der Waals surface area (Å²) in [6, 6.07) is 10.1. The summed E-state index contributed by atoms with van der Waals surface area (Å²) >= 11 is 6.87. The van der Waals surface area contributed by atoms with Gasteiger partial charge in [-0.2, -0.15) is 5.10 Å². The van der Waals surface area contributed by atoms with Gasteiger partial charge in [0.1, 0.15) is 0 Å². The van der Waals surface area contributed by atoms with Crippen LogP contribution in [0.3, 0.4) is 0 Å². The van der Waals surface area contributed by atoms with Gasteiger partial charge in [0.05, 0.1) is 12.8 Å². The lowest BCUT2D eigenvalue weighted by Crippen LogP contribution is -2.05. The second kappa shape index (κ2) is 6.66. The maximum absolute atomic E-state index is 4.20. The fraction of sp³-hybridized carbons (Fsp3) is 0.0769. The van der Waals surface area contributed by atoms with Gasteiger partial charge in [-0.3, -0.25) is 4.98 Å². The van der Waals surface area contributed by atoms with Crippen molar-refractivity contribution in [1.82, 2.24) is 10.4 Å². The summed E-state index contributed by atoms with van der Waals surface area (Å²) in [6.07, 6.45) is 5.24. The molecule has 0 atom stereocenters. The number of hydrogen-bond acceptors (Lipinski definition) is 3. The van der Waals surface area contributed by atoms with Crippen molar-refractivity contribution in [3.63, 3.8) is 0 Å². The van der Waals surface area contributed by atoms with Crippen molar-refractivity contribution in [3.05, 3.63) is 62.8 Å². The highest BCUT2D eigenvalue weighted by Gasteiger charge is 2.01. The third kappa shape index (κ3) is 3.65. The van der Waals surface area contributed by atoms with Gasteiger partial charge < -0.3 is 5.43 Å². The summed E-state index contributed by atoms with van der Waals surface area (Å²) in [7, 11) is 0. The summed E-state index contributed by atoms with van der Waals surface area (Å²) in [6.45, 7) is 0.706. The molecule has 0 spiro atoms. The van der Waals surface area contributed by atoms with Crippen LogP contribution in [-0.4, -0.2) is 11.2 Å². The van der Waals surface area contributed by atoms with Crippen LogP contribution in [-0.2, 0) is 6.54 Å². The number of aromatic nitrogens is 1. The van der Waals surface area contributed by atoms with Crippen molar-refractivity contribution < 1.29 is 0 Å². The first kappa shape index (κ1) is 13.2. The van der Waals surface area contributed by atoms with Crippen LogP contribution in [0.15, 0.2) is 56.8 Å². The van der Waals surface area contributed by atoms with Gasteiger partial charge in [-0.25, -0.2) is 0 Å². The molecule has 5 heteroatoms. The first-order valence-electron chi connectivity index (χ1n) is 5.36. The standard InChI is InChI=1S/C13H11Br2N3/c14-12-8-16-9-13(15)11(12)7-18-17-6-10-4-2-1-3-5-10/h1-5,7-9,17H,6H2/b18-7-. The van der Waals surface area contributed by atoms with Gasteiger partial charge in [0.2, 0.25) is 0 Å². The molecule has 1 N–H and O–H groups in total. The average Bonchev–Trinajstić information content (AvgIpc) is 2.38. The van der Waals surface area contributed by atoms with Gasteiger partial charge in [0.25, 0.3) is 0 Å². The second-order valence-corrected chi connectivity index (χ2v) is 5.30. The number of rotatable bonds is 4. The number of pyridine rings is 1. The normalized spacial score (nSPS) is 10.8. The zero-order valence-corrected chi connectivity index (χ0v) is 12.6. The Kier molecular flexibility index (Phi) is 4.90. The molecule has 1 aromatic carbocycles.